The van der Waals surface area contributed by atoms with Crippen molar-refractivity contribution in [3.05, 3.63) is 28.6 Å². The number of hydrogen-bond acceptors (Lipinski definition) is 4. The Bertz CT molecular complexity index is 630. The number of thiophene rings is 1. The number of aryl methyl sites for hydroxylation is 1. The van der Waals surface area contributed by atoms with Gasteiger partial charge in [0.05, 0.1) is 12.8 Å². The summed E-state index contributed by atoms with van der Waals surface area (Å²) in [7, 11) is 1.33. The molecule has 5 heteroatoms. The summed E-state index contributed by atoms with van der Waals surface area (Å²) in [5, 5.41) is 3.58. The van der Waals surface area contributed by atoms with Crippen LogP contribution in [0.15, 0.2) is 18.2 Å². The van der Waals surface area contributed by atoms with E-state index in [1.165, 1.54) is 25.4 Å². The highest BCUT2D eigenvalue weighted by atomic mass is 32.1. The van der Waals surface area contributed by atoms with Crippen molar-refractivity contribution in [1.29, 1.82) is 0 Å². The van der Waals surface area contributed by atoms with Gasteiger partial charge in [-0.3, -0.25) is 4.79 Å². The van der Waals surface area contributed by atoms with Crippen LogP contribution in [0.1, 0.15) is 22.2 Å². The molecule has 2 rings (SSSR count). The summed E-state index contributed by atoms with van der Waals surface area (Å²) in [6.07, 6.45) is 0. The normalized spacial score (nSPS) is 10.4. The van der Waals surface area contributed by atoms with Crippen LogP contribution in [0.5, 0.6) is 0 Å². The molecule has 0 saturated heterocycles. The zero-order valence-electron chi connectivity index (χ0n) is 10.4. The second kappa shape index (κ2) is 4.78. The van der Waals surface area contributed by atoms with E-state index in [9.17, 15) is 9.59 Å². The maximum Gasteiger partial charge on any atom is 0.350 e. The third kappa shape index (κ3) is 2.22. The Labute approximate surface area is 109 Å². The van der Waals surface area contributed by atoms with Crippen LogP contribution < -0.4 is 5.32 Å². The van der Waals surface area contributed by atoms with Gasteiger partial charge < -0.3 is 10.1 Å². The molecule has 1 heterocycles. The highest BCUT2D eigenvalue weighted by molar-refractivity contribution is 7.21. The zero-order chi connectivity index (χ0) is 13.3. The van der Waals surface area contributed by atoms with Crippen LogP contribution >= 0.6 is 11.3 Å². The fraction of sp³-hybridized carbons (Fsp3) is 0.231. The van der Waals surface area contributed by atoms with Gasteiger partial charge >= 0.3 is 5.97 Å². The van der Waals surface area contributed by atoms with Crippen molar-refractivity contribution in [3.63, 3.8) is 0 Å². The van der Waals surface area contributed by atoms with Gasteiger partial charge in [-0.1, -0.05) is 11.6 Å². The largest absolute Gasteiger partial charge is 0.465 e. The van der Waals surface area contributed by atoms with E-state index in [0.717, 1.165) is 15.6 Å². The summed E-state index contributed by atoms with van der Waals surface area (Å²) in [4.78, 5) is 23.4. The fourth-order valence-corrected chi connectivity index (χ4v) is 2.80. The van der Waals surface area contributed by atoms with Crippen LogP contribution in [-0.2, 0) is 9.53 Å². The van der Waals surface area contributed by atoms with Crippen molar-refractivity contribution in [3.8, 4) is 0 Å². The number of esters is 1. The van der Waals surface area contributed by atoms with E-state index in [-0.39, 0.29) is 5.91 Å². The Morgan fingerprint density at radius 3 is 2.67 bits per heavy atom. The molecular weight excluding hydrogens is 250 g/mol. The van der Waals surface area contributed by atoms with E-state index in [4.69, 9.17) is 4.74 Å². The minimum atomic E-state index is -0.433. The second-order valence-corrected chi connectivity index (χ2v) is 5.03. The van der Waals surface area contributed by atoms with Crippen molar-refractivity contribution in [2.45, 2.75) is 13.8 Å². The number of anilines is 1. The van der Waals surface area contributed by atoms with Crippen LogP contribution in [-0.4, -0.2) is 19.0 Å². The van der Waals surface area contributed by atoms with Crippen molar-refractivity contribution in [1.82, 2.24) is 0 Å². The van der Waals surface area contributed by atoms with Crippen molar-refractivity contribution in [2.24, 2.45) is 0 Å². The molecule has 0 aliphatic carbocycles. The topological polar surface area (TPSA) is 55.4 Å². The van der Waals surface area contributed by atoms with E-state index in [1.807, 2.05) is 25.1 Å². The molecule has 1 amide bonds. The molecule has 0 aliphatic rings. The molecule has 0 spiro atoms. The summed E-state index contributed by atoms with van der Waals surface area (Å²) in [6, 6.07) is 5.86. The first-order valence-corrected chi connectivity index (χ1v) is 6.23. The lowest BCUT2D eigenvalue weighted by molar-refractivity contribution is -0.114. The Kier molecular flexibility index (Phi) is 3.34. The fourth-order valence-electron chi connectivity index (χ4n) is 1.75. The van der Waals surface area contributed by atoms with E-state index >= 15 is 0 Å². The molecule has 0 aliphatic heterocycles. The lowest BCUT2D eigenvalue weighted by Crippen LogP contribution is -2.09. The highest BCUT2D eigenvalue weighted by Crippen LogP contribution is 2.36. The molecule has 2 aromatic rings. The molecule has 1 N–H and O–H groups in total. The average Bonchev–Trinajstić information content (AvgIpc) is 2.66. The number of rotatable bonds is 2. The first-order valence-electron chi connectivity index (χ1n) is 5.42. The van der Waals surface area contributed by atoms with Crippen molar-refractivity contribution < 1.29 is 14.3 Å². The predicted octanol–water partition coefficient (Wildman–Crippen LogP) is 2.95. The predicted molar refractivity (Wildman–Crippen MR) is 72.2 cm³/mol. The number of hydrogen-bond donors (Lipinski definition) is 1. The quantitative estimate of drug-likeness (QED) is 0.847. The number of ether oxygens (including phenoxy) is 1. The molecule has 0 atom stereocenters. The number of carbonyl (C=O) groups is 2. The van der Waals surface area contributed by atoms with Crippen LogP contribution in [0.2, 0.25) is 0 Å². The van der Waals surface area contributed by atoms with Crippen LogP contribution in [0.4, 0.5) is 5.69 Å². The van der Waals surface area contributed by atoms with E-state index in [0.29, 0.717) is 10.6 Å². The van der Waals surface area contributed by atoms with Crippen molar-refractivity contribution >= 4 is 39.0 Å². The molecule has 1 aromatic carbocycles. The van der Waals surface area contributed by atoms with Gasteiger partial charge in [0, 0.05) is 17.0 Å². The Balaban J connectivity index is 2.68. The Morgan fingerprint density at radius 2 is 2.06 bits per heavy atom. The molecule has 18 heavy (non-hydrogen) atoms. The van der Waals surface area contributed by atoms with Crippen LogP contribution in [0, 0.1) is 6.92 Å². The summed E-state index contributed by atoms with van der Waals surface area (Å²) in [6.45, 7) is 3.38. The van der Waals surface area contributed by atoms with E-state index < -0.39 is 5.97 Å². The van der Waals surface area contributed by atoms with Gasteiger partial charge in [0.15, 0.2) is 0 Å². The van der Waals surface area contributed by atoms with E-state index in [1.54, 1.807) is 0 Å². The zero-order valence-corrected chi connectivity index (χ0v) is 11.2. The lowest BCUT2D eigenvalue weighted by atomic mass is 10.1. The van der Waals surface area contributed by atoms with Gasteiger partial charge in [-0.05, 0) is 19.1 Å². The van der Waals surface area contributed by atoms with Gasteiger partial charge in [0.2, 0.25) is 5.91 Å². The number of amides is 1. The lowest BCUT2D eigenvalue weighted by Gasteiger charge is -2.03. The van der Waals surface area contributed by atoms with Gasteiger partial charge in [0.1, 0.15) is 4.88 Å². The Morgan fingerprint density at radius 1 is 1.33 bits per heavy atom. The second-order valence-electron chi connectivity index (χ2n) is 3.98. The molecule has 1 aromatic heterocycles. The first kappa shape index (κ1) is 12.6. The Hall–Kier alpha value is -1.88. The molecule has 0 fully saturated rings. The number of methoxy groups -OCH3 is 1. The molecule has 0 unspecified atom stereocenters. The number of benzene rings is 1. The standard InChI is InChI=1S/C13H13NO3S/c1-7-4-5-10-9(6-7)11(14-8(2)15)12(18-10)13(16)17-3/h4-6H,1-3H3,(H,14,15). The number of nitrogens with one attached hydrogen (secondary N) is 1. The summed E-state index contributed by atoms with van der Waals surface area (Å²) < 4.78 is 5.69. The third-order valence-electron chi connectivity index (χ3n) is 2.52. The highest BCUT2D eigenvalue weighted by Gasteiger charge is 2.19. The number of fused-ring (bicyclic) bond motifs is 1. The molecular formula is C13H13NO3S. The molecule has 0 bridgehead atoms. The average molecular weight is 263 g/mol. The minimum absolute atomic E-state index is 0.207. The minimum Gasteiger partial charge on any atom is -0.465 e. The van der Waals surface area contributed by atoms with Gasteiger partial charge in [-0.2, -0.15) is 0 Å². The summed E-state index contributed by atoms with van der Waals surface area (Å²) >= 11 is 1.32. The smallest absolute Gasteiger partial charge is 0.350 e. The first-order chi connectivity index (χ1) is 8.52. The van der Waals surface area contributed by atoms with Crippen LogP contribution in [0.3, 0.4) is 0 Å². The summed E-state index contributed by atoms with van der Waals surface area (Å²) in [5.74, 6) is -0.640. The van der Waals surface area contributed by atoms with Gasteiger partial charge in [0.25, 0.3) is 0 Å². The molecule has 0 saturated carbocycles. The van der Waals surface area contributed by atoms with Gasteiger partial charge in [-0.25, -0.2) is 4.79 Å². The SMILES string of the molecule is COC(=O)c1sc2ccc(C)cc2c1NC(C)=O. The third-order valence-corrected chi connectivity index (χ3v) is 3.67. The maximum absolute atomic E-state index is 11.7. The van der Waals surface area contributed by atoms with Gasteiger partial charge in [-0.15, -0.1) is 11.3 Å². The van der Waals surface area contributed by atoms with E-state index in [2.05, 4.69) is 5.32 Å². The molecule has 94 valence electrons. The van der Waals surface area contributed by atoms with Crippen molar-refractivity contribution in [2.75, 3.05) is 12.4 Å². The molecule has 0 radical (unpaired) electrons. The monoisotopic (exact) mass is 263 g/mol. The van der Waals surface area contributed by atoms with Crippen LogP contribution in [0.25, 0.3) is 10.1 Å². The number of carbonyl (C=O) groups excluding carboxylic acids is 2. The maximum atomic E-state index is 11.7. The molecule has 4 nitrogen and oxygen atoms in total. The summed E-state index contributed by atoms with van der Waals surface area (Å²) in [5.41, 5.74) is 1.61.